The quantitative estimate of drug-likeness (QED) is 0.694. The highest BCUT2D eigenvalue weighted by Crippen LogP contribution is 2.15. The van der Waals surface area contributed by atoms with Crippen molar-refractivity contribution in [3.8, 4) is 0 Å². The van der Waals surface area contributed by atoms with Crippen LogP contribution in [-0.4, -0.2) is 12.8 Å². The van der Waals surface area contributed by atoms with Crippen LogP contribution in [0, 0.1) is 5.82 Å². The maximum atomic E-state index is 12.6. The molecule has 0 N–H and O–H groups in total. The van der Waals surface area contributed by atoms with Gasteiger partial charge >= 0.3 is 6.18 Å². The summed E-state index contributed by atoms with van der Waals surface area (Å²) in [4.78, 5) is 0. The van der Waals surface area contributed by atoms with Gasteiger partial charge in [0, 0.05) is 0 Å². The van der Waals surface area contributed by atoms with Crippen LogP contribution >= 0.6 is 0 Å². The van der Waals surface area contributed by atoms with Gasteiger partial charge in [-0.3, -0.25) is 0 Å². The molecule has 0 spiro atoms. The summed E-state index contributed by atoms with van der Waals surface area (Å²) in [5.41, 5.74) is 0.384. The second kappa shape index (κ2) is 4.41. The Hall–Kier alpha value is -1.10. The predicted octanol–water partition coefficient (Wildman–Crippen LogP) is 2.90. The second-order valence-electron chi connectivity index (χ2n) is 2.74. The molecule has 0 saturated heterocycles. The van der Waals surface area contributed by atoms with Crippen molar-refractivity contribution >= 4 is 0 Å². The minimum atomic E-state index is -4.34. The van der Waals surface area contributed by atoms with Crippen molar-refractivity contribution in [1.29, 1.82) is 0 Å². The van der Waals surface area contributed by atoms with E-state index in [1.54, 1.807) is 0 Å². The first-order valence-corrected chi connectivity index (χ1v) is 3.86. The molecular formula is C9H8F4O. The van der Waals surface area contributed by atoms with Crippen molar-refractivity contribution < 1.29 is 22.3 Å². The lowest BCUT2D eigenvalue weighted by Gasteiger charge is -2.07. The first kappa shape index (κ1) is 11.0. The zero-order valence-corrected chi connectivity index (χ0v) is 7.14. The highest BCUT2D eigenvalue weighted by molar-refractivity contribution is 5.15. The van der Waals surface area contributed by atoms with Crippen molar-refractivity contribution in [2.45, 2.75) is 12.8 Å². The van der Waals surface area contributed by atoms with E-state index in [-0.39, 0.29) is 6.61 Å². The number of ether oxygens (including phenoxy) is 1. The minimum Gasteiger partial charge on any atom is -0.367 e. The van der Waals surface area contributed by atoms with Crippen LogP contribution in [0.5, 0.6) is 0 Å². The summed E-state index contributed by atoms with van der Waals surface area (Å²) in [6, 6.07) is 5.27. The largest absolute Gasteiger partial charge is 0.411 e. The molecule has 1 nitrogen and oxygen atoms in total. The molecule has 1 aromatic carbocycles. The average Bonchev–Trinajstić information content (AvgIpc) is 2.01. The van der Waals surface area contributed by atoms with Crippen molar-refractivity contribution in [2.24, 2.45) is 0 Å². The Kier molecular flexibility index (Phi) is 3.46. The molecule has 1 rings (SSSR count). The number of rotatable bonds is 3. The van der Waals surface area contributed by atoms with Crippen LogP contribution in [0.4, 0.5) is 17.6 Å². The normalized spacial score (nSPS) is 11.7. The Morgan fingerprint density at radius 3 is 2.50 bits per heavy atom. The lowest BCUT2D eigenvalue weighted by Crippen LogP contribution is -2.16. The standard InChI is InChI=1S/C9H8F4O/c10-8-3-1-2-7(4-8)5-14-6-9(11,12)13/h1-4H,5-6H2. The summed E-state index contributed by atoms with van der Waals surface area (Å²) < 4.78 is 51.8. The maximum absolute atomic E-state index is 12.6. The van der Waals surface area contributed by atoms with Crippen molar-refractivity contribution in [1.82, 2.24) is 0 Å². The van der Waals surface area contributed by atoms with Gasteiger partial charge in [-0.25, -0.2) is 4.39 Å². The van der Waals surface area contributed by atoms with E-state index < -0.39 is 18.6 Å². The molecule has 0 aliphatic carbocycles. The average molecular weight is 208 g/mol. The molecule has 0 amide bonds. The molecule has 0 atom stereocenters. The number of benzene rings is 1. The van der Waals surface area contributed by atoms with Gasteiger partial charge in [0.25, 0.3) is 0 Å². The molecule has 0 radical (unpaired) electrons. The van der Waals surface area contributed by atoms with E-state index >= 15 is 0 Å². The van der Waals surface area contributed by atoms with Crippen LogP contribution in [0.25, 0.3) is 0 Å². The van der Waals surface area contributed by atoms with Crippen molar-refractivity contribution in [2.75, 3.05) is 6.61 Å². The highest BCUT2D eigenvalue weighted by Gasteiger charge is 2.27. The summed E-state index contributed by atoms with van der Waals surface area (Å²) in [5.74, 6) is -0.488. The van der Waals surface area contributed by atoms with Gasteiger partial charge in [-0.2, -0.15) is 13.2 Å². The van der Waals surface area contributed by atoms with Crippen LogP contribution < -0.4 is 0 Å². The third-order valence-electron chi connectivity index (χ3n) is 1.42. The molecule has 5 heteroatoms. The molecule has 0 bridgehead atoms. The molecule has 0 unspecified atom stereocenters. The molecule has 1 aromatic rings. The van der Waals surface area contributed by atoms with Gasteiger partial charge in [0.05, 0.1) is 6.61 Å². The monoisotopic (exact) mass is 208 g/mol. The Bertz CT molecular complexity index is 295. The lowest BCUT2D eigenvalue weighted by atomic mass is 10.2. The van der Waals surface area contributed by atoms with Gasteiger partial charge in [-0.1, -0.05) is 12.1 Å². The molecule has 0 fully saturated rings. The SMILES string of the molecule is Fc1cccc(COCC(F)(F)F)c1. The fraction of sp³-hybridized carbons (Fsp3) is 0.333. The zero-order valence-electron chi connectivity index (χ0n) is 7.14. The maximum Gasteiger partial charge on any atom is 0.411 e. The molecule has 0 saturated carbocycles. The highest BCUT2D eigenvalue weighted by atomic mass is 19.4. The Balaban J connectivity index is 2.39. The smallest absolute Gasteiger partial charge is 0.367 e. The van der Waals surface area contributed by atoms with E-state index in [2.05, 4.69) is 4.74 Å². The molecule has 14 heavy (non-hydrogen) atoms. The molecular weight excluding hydrogens is 200 g/mol. The van der Waals surface area contributed by atoms with E-state index in [0.717, 1.165) is 6.07 Å². The predicted molar refractivity (Wildman–Crippen MR) is 42.1 cm³/mol. The van der Waals surface area contributed by atoms with Crippen LogP contribution in [0.2, 0.25) is 0 Å². The fourth-order valence-electron chi connectivity index (χ4n) is 0.911. The third kappa shape index (κ3) is 4.23. The van der Waals surface area contributed by atoms with Crippen LogP contribution in [-0.2, 0) is 11.3 Å². The molecule has 0 aliphatic heterocycles. The Morgan fingerprint density at radius 2 is 1.93 bits per heavy atom. The van der Waals surface area contributed by atoms with Gasteiger partial charge in [-0.05, 0) is 17.7 Å². The first-order valence-electron chi connectivity index (χ1n) is 3.86. The van der Waals surface area contributed by atoms with E-state index in [1.165, 1.54) is 18.2 Å². The molecule has 0 heterocycles. The lowest BCUT2D eigenvalue weighted by molar-refractivity contribution is -0.176. The van der Waals surface area contributed by atoms with E-state index in [1.807, 2.05) is 0 Å². The van der Waals surface area contributed by atoms with Crippen molar-refractivity contribution in [3.05, 3.63) is 35.6 Å². The fourth-order valence-corrected chi connectivity index (χ4v) is 0.911. The van der Waals surface area contributed by atoms with E-state index in [9.17, 15) is 17.6 Å². The number of hydrogen-bond donors (Lipinski definition) is 0. The van der Waals surface area contributed by atoms with E-state index in [0.29, 0.717) is 5.56 Å². The number of alkyl halides is 3. The summed E-state index contributed by atoms with van der Waals surface area (Å²) in [6.07, 6.45) is -4.34. The van der Waals surface area contributed by atoms with Crippen molar-refractivity contribution in [3.63, 3.8) is 0 Å². The minimum absolute atomic E-state index is 0.239. The summed E-state index contributed by atoms with van der Waals surface area (Å²) in [7, 11) is 0. The zero-order chi connectivity index (χ0) is 10.6. The molecule has 0 aromatic heterocycles. The topological polar surface area (TPSA) is 9.23 Å². The van der Waals surface area contributed by atoms with Crippen LogP contribution in [0.15, 0.2) is 24.3 Å². The van der Waals surface area contributed by atoms with Crippen LogP contribution in [0.1, 0.15) is 5.56 Å². The van der Waals surface area contributed by atoms with Gasteiger partial charge in [-0.15, -0.1) is 0 Å². The second-order valence-corrected chi connectivity index (χ2v) is 2.74. The van der Waals surface area contributed by atoms with Gasteiger partial charge in [0.2, 0.25) is 0 Å². The van der Waals surface area contributed by atoms with Gasteiger partial charge in [0.1, 0.15) is 12.4 Å². The Labute approximate surface area is 78.3 Å². The number of hydrogen-bond acceptors (Lipinski definition) is 1. The van der Waals surface area contributed by atoms with Gasteiger partial charge < -0.3 is 4.74 Å². The first-order chi connectivity index (χ1) is 6.47. The van der Waals surface area contributed by atoms with Crippen LogP contribution in [0.3, 0.4) is 0 Å². The van der Waals surface area contributed by atoms with Gasteiger partial charge in [0.15, 0.2) is 0 Å². The Morgan fingerprint density at radius 1 is 1.21 bits per heavy atom. The molecule has 0 aliphatic rings. The number of halogens is 4. The third-order valence-corrected chi connectivity index (χ3v) is 1.42. The summed E-state index contributed by atoms with van der Waals surface area (Å²) >= 11 is 0. The molecule has 78 valence electrons. The summed E-state index contributed by atoms with van der Waals surface area (Å²) in [5, 5.41) is 0. The summed E-state index contributed by atoms with van der Waals surface area (Å²) in [6.45, 7) is -1.55. The van der Waals surface area contributed by atoms with E-state index in [4.69, 9.17) is 0 Å².